The van der Waals surface area contributed by atoms with Crippen molar-refractivity contribution in [3.63, 3.8) is 0 Å². The molecule has 28 heavy (non-hydrogen) atoms. The number of primary amides is 1. The molecule has 0 aliphatic carbocycles. The molecule has 0 unspecified atom stereocenters. The van der Waals surface area contributed by atoms with Crippen LogP contribution in [0, 0.1) is 5.82 Å². The molecule has 0 bridgehead atoms. The van der Waals surface area contributed by atoms with Gasteiger partial charge in [0.05, 0.1) is 12.1 Å². The minimum atomic E-state index is -0.696. The van der Waals surface area contributed by atoms with Crippen molar-refractivity contribution in [1.29, 1.82) is 0 Å². The highest BCUT2D eigenvalue weighted by atomic mass is 127. The Morgan fingerprint density at radius 2 is 1.75 bits per heavy atom. The first-order valence-corrected chi connectivity index (χ1v) is 8.80. The van der Waals surface area contributed by atoms with Gasteiger partial charge in [-0.25, -0.2) is 4.39 Å². The standard InChI is InChI=1S/C18H27FN6O2.HI/c1-18(2,16(20)27)25-10-8-24(9-11-25)17(21-3)22-12-15(26)23-14-6-4-13(19)5-7-14;/h4-7H,8-12H2,1-3H3,(H2,20,27)(H,21,22)(H,23,26);1H. The molecule has 10 heteroatoms. The largest absolute Gasteiger partial charge is 0.368 e. The second kappa shape index (κ2) is 10.6. The van der Waals surface area contributed by atoms with Gasteiger partial charge in [-0.2, -0.15) is 0 Å². The molecule has 2 rings (SSSR count). The van der Waals surface area contributed by atoms with Gasteiger partial charge in [-0.05, 0) is 38.1 Å². The van der Waals surface area contributed by atoms with Gasteiger partial charge in [0.15, 0.2) is 5.96 Å². The maximum atomic E-state index is 12.9. The monoisotopic (exact) mass is 506 g/mol. The summed E-state index contributed by atoms with van der Waals surface area (Å²) in [5.74, 6) is -0.349. The van der Waals surface area contributed by atoms with Crippen LogP contribution in [0.15, 0.2) is 29.3 Å². The number of hydrogen-bond donors (Lipinski definition) is 3. The molecule has 1 heterocycles. The van der Waals surface area contributed by atoms with Crippen molar-refractivity contribution in [1.82, 2.24) is 15.1 Å². The maximum absolute atomic E-state index is 12.9. The van der Waals surface area contributed by atoms with E-state index < -0.39 is 5.54 Å². The number of rotatable bonds is 5. The molecule has 1 aliphatic rings. The summed E-state index contributed by atoms with van der Waals surface area (Å²) in [5.41, 5.74) is 5.31. The second-order valence-electron chi connectivity index (χ2n) is 6.85. The summed E-state index contributed by atoms with van der Waals surface area (Å²) in [4.78, 5) is 31.9. The summed E-state index contributed by atoms with van der Waals surface area (Å²) in [6, 6.07) is 5.58. The van der Waals surface area contributed by atoms with Crippen LogP contribution in [0.1, 0.15) is 13.8 Å². The van der Waals surface area contributed by atoms with E-state index in [0.29, 0.717) is 37.8 Å². The molecule has 0 radical (unpaired) electrons. The number of amides is 2. The van der Waals surface area contributed by atoms with Crippen LogP contribution < -0.4 is 16.4 Å². The lowest BCUT2D eigenvalue weighted by Crippen LogP contribution is -2.61. The van der Waals surface area contributed by atoms with Crippen molar-refractivity contribution in [3.8, 4) is 0 Å². The molecule has 0 aromatic heterocycles. The number of benzene rings is 1. The quantitative estimate of drug-likeness (QED) is 0.312. The summed E-state index contributed by atoms with van der Waals surface area (Å²) >= 11 is 0. The van der Waals surface area contributed by atoms with Crippen LogP contribution >= 0.6 is 24.0 Å². The predicted octanol–water partition coefficient (Wildman–Crippen LogP) is 0.839. The molecule has 2 amide bonds. The summed E-state index contributed by atoms with van der Waals surface area (Å²) in [5, 5.41) is 5.72. The number of halogens is 2. The van der Waals surface area contributed by atoms with E-state index in [1.54, 1.807) is 7.05 Å². The Morgan fingerprint density at radius 3 is 2.25 bits per heavy atom. The minimum Gasteiger partial charge on any atom is -0.368 e. The van der Waals surface area contributed by atoms with E-state index in [-0.39, 0.29) is 48.2 Å². The van der Waals surface area contributed by atoms with E-state index >= 15 is 0 Å². The molecular formula is C18H28FIN6O2. The zero-order valence-electron chi connectivity index (χ0n) is 16.4. The smallest absolute Gasteiger partial charge is 0.243 e. The molecule has 1 aromatic carbocycles. The van der Waals surface area contributed by atoms with Crippen molar-refractivity contribution in [3.05, 3.63) is 30.1 Å². The lowest BCUT2D eigenvalue weighted by atomic mass is 10.0. The summed E-state index contributed by atoms with van der Waals surface area (Å²) < 4.78 is 12.9. The summed E-state index contributed by atoms with van der Waals surface area (Å²) in [6.07, 6.45) is 0. The van der Waals surface area contributed by atoms with E-state index in [2.05, 4.69) is 15.6 Å². The van der Waals surface area contributed by atoms with Gasteiger partial charge < -0.3 is 21.3 Å². The number of piperazine rings is 1. The van der Waals surface area contributed by atoms with Gasteiger partial charge in [0.2, 0.25) is 11.8 Å². The van der Waals surface area contributed by atoms with Crippen molar-refractivity contribution >= 4 is 47.4 Å². The fourth-order valence-corrected chi connectivity index (χ4v) is 2.86. The molecule has 1 fully saturated rings. The van der Waals surface area contributed by atoms with Gasteiger partial charge in [-0.3, -0.25) is 19.5 Å². The number of nitrogens with zero attached hydrogens (tertiary/aromatic N) is 3. The first kappa shape index (κ1) is 24.1. The average Bonchev–Trinajstić information content (AvgIpc) is 2.64. The lowest BCUT2D eigenvalue weighted by Gasteiger charge is -2.43. The van der Waals surface area contributed by atoms with Crippen LogP contribution in [0.5, 0.6) is 0 Å². The lowest BCUT2D eigenvalue weighted by molar-refractivity contribution is -0.129. The topological polar surface area (TPSA) is 103 Å². The molecule has 1 saturated heterocycles. The highest BCUT2D eigenvalue weighted by Gasteiger charge is 2.35. The maximum Gasteiger partial charge on any atom is 0.243 e. The SMILES string of the molecule is CN=C(NCC(=O)Nc1ccc(F)cc1)N1CCN(C(C)(C)C(N)=O)CC1.I. The molecule has 1 aliphatic heterocycles. The molecule has 156 valence electrons. The van der Waals surface area contributed by atoms with E-state index in [1.165, 1.54) is 24.3 Å². The minimum absolute atomic E-state index is 0. The highest BCUT2D eigenvalue weighted by molar-refractivity contribution is 14.0. The highest BCUT2D eigenvalue weighted by Crippen LogP contribution is 2.16. The van der Waals surface area contributed by atoms with Crippen molar-refractivity contribution < 1.29 is 14.0 Å². The van der Waals surface area contributed by atoms with Crippen LogP contribution in [0.3, 0.4) is 0 Å². The fourth-order valence-electron chi connectivity index (χ4n) is 2.86. The van der Waals surface area contributed by atoms with Crippen molar-refractivity contribution in [2.45, 2.75) is 19.4 Å². The number of anilines is 1. The summed E-state index contributed by atoms with van der Waals surface area (Å²) in [7, 11) is 1.65. The van der Waals surface area contributed by atoms with Crippen LogP contribution in [0.4, 0.5) is 10.1 Å². The van der Waals surface area contributed by atoms with E-state index in [9.17, 15) is 14.0 Å². The molecule has 1 aromatic rings. The first-order chi connectivity index (χ1) is 12.7. The van der Waals surface area contributed by atoms with Gasteiger partial charge in [0, 0.05) is 38.9 Å². The number of carbonyl (C=O) groups excluding carboxylic acids is 2. The third kappa shape index (κ3) is 6.30. The van der Waals surface area contributed by atoms with Crippen LogP contribution in [-0.2, 0) is 9.59 Å². The van der Waals surface area contributed by atoms with Gasteiger partial charge in [0.25, 0.3) is 0 Å². The molecular weight excluding hydrogens is 478 g/mol. The van der Waals surface area contributed by atoms with E-state index in [1.807, 2.05) is 23.6 Å². The van der Waals surface area contributed by atoms with Gasteiger partial charge in [0.1, 0.15) is 5.82 Å². The average molecular weight is 506 g/mol. The number of guanidine groups is 1. The van der Waals surface area contributed by atoms with Crippen molar-refractivity contribution in [2.24, 2.45) is 10.7 Å². The number of aliphatic imine (C=N–C) groups is 1. The van der Waals surface area contributed by atoms with Gasteiger partial charge >= 0.3 is 0 Å². The Hall–Kier alpha value is -1.95. The van der Waals surface area contributed by atoms with E-state index in [4.69, 9.17) is 5.73 Å². The van der Waals surface area contributed by atoms with Crippen LogP contribution in [0.2, 0.25) is 0 Å². The fraction of sp³-hybridized carbons (Fsp3) is 0.500. The Balaban J connectivity index is 0.00000392. The third-order valence-electron chi connectivity index (χ3n) is 4.72. The van der Waals surface area contributed by atoms with Gasteiger partial charge in [-0.1, -0.05) is 0 Å². The summed E-state index contributed by atoms with van der Waals surface area (Å²) in [6.45, 7) is 6.33. The molecule has 0 saturated carbocycles. The first-order valence-electron chi connectivity index (χ1n) is 8.80. The third-order valence-corrected chi connectivity index (χ3v) is 4.72. The molecule has 0 spiro atoms. The number of hydrogen-bond acceptors (Lipinski definition) is 4. The normalized spacial score (nSPS) is 15.6. The van der Waals surface area contributed by atoms with Crippen LogP contribution in [-0.4, -0.2) is 72.9 Å². The molecule has 8 nitrogen and oxygen atoms in total. The molecule has 4 N–H and O–H groups in total. The Kier molecular flexibility index (Phi) is 9.08. The predicted molar refractivity (Wildman–Crippen MR) is 118 cm³/mol. The van der Waals surface area contributed by atoms with Crippen LogP contribution in [0.25, 0.3) is 0 Å². The Bertz CT molecular complexity index is 703. The number of nitrogens with one attached hydrogen (secondary N) is 2. The zero-order valence-corrected chi connectivity index (χ0v) is 18.7. The van der Waals surface area contributed by atoms with E-state index in [0.717, 1.165) is 0 Å². The van der Waals surface area contributed by atoms with Crippen molar-refractivity contribution in [2.75, 3.05) is 45.1 Å². The second-order valence-corrected chi connectivity index (χ2v) is 6.85. The van der Waals surface area contributed by atoms with Gasteiger partial charge in [-0.15, -0.1) is 24.0 Å². The molecule has 0 atom stereocenters. The zero-order chi connectivity index (χ0) is 20.0. The Morgan fingerprint density at radius 1 is 1.18 bits per heavy atom. The number of carbonyl (C=O) groups is 2. The number of nitrogens with two attached hydrogens (primary N) is 1. The Labute approximate surface area is 181 Å².